The molecule has 2 aromatic heterocycles. The molecule has 0 saturated heterocycles. The fourth-order valence-electron chi connectivity index (χ4n) is 2.28. The molecule has 5 nitrogen and oxygen atoms in total. The number of hydrogen-bond acceptors (Lipinski definition) is 4. The highest BCUT2D eigenvalue weighted by atomic mass is 32.1. The number of fused-ring (bicyclic) bond motifs is 1. The Labute approximate surface area is 112 Å². The van der Waals surface area contributed by atoms with Gasteiger partial charge in [0.2, 0.25) is 0 Å². The van der Waals surface area contributed by atoms with E-state index < -0.39 is 5.97 Å². The Morgan fingerprint density at radius 3 is 3.05 bits per heavy atom. The smallest absolute Gasteiger partial charge is 0.345 e. The van der Waals surface area contributed by atoms with E-state index in [4.69, 9.17) is 5.11 Å². The molecule has 19 heavy (non-hydrogen) atoms. The highest BCUT2D eigenvalue weighted by Gasteiger charge is 2.14. The Bertz CT molecular complexity index is 742. The number of rotatable bonds is 3. The van der Waals surface area contributed by atoms with Gasteiger partial charge in [-0.25, -0.2) is 9.78 Å². The van der Waals surface area contributed by atoms with Crippen molar-refractivity contribution in [2.75, 3.05) is 0 Å². The van der Waals surface area contributed by atoms with E-state index >= 15 is 0 Å². The van der Waals surface area contributed by atoms with Crippen LogP contribution in [0.3, 0.4) is 0 Å². The maximum Gasteiger partial charge on any atom is 0.345 e. The Morgan fingerprint density at radius 2 is 2.37 bits per heavy atom. The third kappa shape index (κ3) is 2.31. The van der Waals surface area contributed by atoms with Crippen molar-refractivity contribution in [2.24, 2.45) is 0 Å². The van der Waals surface area contributed by atoms with Gasteiger partial charge in [-0.05, 0) is 25.3 Å². The predicted molar refractivity (Wildman–Crippen MR) is 72.8 cm³/mol. The van der Waals surface area contributed by atoms with E-state index in [2.05, 4.69) is 16.0 Å². The molecule has 0 atom stereocenters. The molecule has 0 amide bonds. The minimum atomic E-state index is -1.03. The van der Waals surface area contributed by atoms with Gasteiger partial charge in [0.25, 0.3) is 5.56 Å². The molecule has 6 heteroatoms. The summed E-state index contributed by atoms with van der Waals surface area (Å²) in [5, 5.41) is 9.29. The second-order valence-electron chi connectivity index (χ2n) is 4.58. The van der Waals surface area contributed by atoms with Crippen LogP contribution in [0.2, 0.25) is 0 Å². The van der Waals surface area contributed by atoms with Crippen LogP contribution in [0.15, 0.2) is 22.5 Å². The second kappa shape index (κ2) is 4.62. The first kappa shape index (κ1) is 12.1. The molecule has 0 bridgehead atoms. The van der Waals surface area contributed by atoms with Gasteiger partial charge in [0, 0.05) is 6.42 Å². The number of aromatic carboxylic acids is 1. The van der Waals surface area contributed by atoms with Gasteiger partial charge in [-0.3, -0.25) is 4.79 Å². The molecule has 3 rings (SSSR count). The molecule has 0 aliphatic heterocycles. The number of allylic oxidation sites excluding steroid dienone is 2. The number of nitrogens with zero attached hydrogens (tertiary/aromatic N) is 1. The van der Waals surface area contributed by atoms with Crippen LogP contribution in [-0.4, -0.2) is 21.0 Å². The average molecular weight is 276 g/mol. The summed E-state index contributed by atoms with van der Waals surface area (Å²) >= 11 is 1.04. The lowest BCUT2D eigenvalue weighted by Crippen LogP contribution is -2.11. The van der Waals surface area contributed by atoms with Crippen molar-refractivity contribution in [3.05, 3.63) is 38.8 Å². The monoisotopic (exact) mass is 276 g/mol. The van der Waals surface area contributed by atoms with E-state index in [-0.39, 0.29) is 10.4 Å². The van der Waals surface area contributed by atoms with E-state index in [1.165, 1.54) is 11.6 Å². The predicted octanol–water partition coefficient (Wildman–Crippen LogP) is 2.34. The quantitative estimate of drug-likeness (QED) is 0.843. The van der Waals surface area contributed by atoms with Crippen molar-refractivity contribution in [1.29, 1.82) is 0 Å². The van der Waals surface area contributed by atoms with Crippen LogP contribution in [0.4, 0.5) is 0 Å². The highest BCUT2D eigenvalue weighted by Crippen LogP contribution is 2.23. The summed E-state index contributed by atoms with van der Waals surface area (Å²) < 4.78 is 0. The topological polar surface area (TPSA) is 83.0 Å². The fourth-order valence-corrected chi connectivity index (χ4v) is 3.17. The van der Waals surface area contributed by atoms with Gasteiger partial charge in [-0.2, -0.15) is 0 Å². The van der Waals surface area contributed by atoms with Gasteiger partial charge in [-0.1, -0.05) is 11.6 Å². The lowest BCUT2D eigenvalue weighted by molar-refractivity contribution is 0.0702. The molecule has 2 aromatic rings. The van der Waals surface area contributed by atoms with Gasteiger partial charge in [-0.15, -0.1) is 11.3 Å². The average Bonchev–Trinajstić information content (AvgIpc) is 2.97. The van der Waals surface area contributed by atoms with Crippen molar-refractivity contribution in [1.82, 2.24) is 9.97 Å². The van der Waals surface area contributed by atoms with E-state index in [1.807, 2.05) is 0 Å². The number of H-pyrrole nitrogens is 1. The number of hydrogen-bond donors (Lipinski definition) is 2. The van der Waals surface area contributed by atoms with Gasteiger partial charge in [0.1, 0.15) is 15.5 Å². The molecule has 0 radical (unpaired) electrons. The largest absolute Gasteiger partial charge is 0.477 e. The summed E-state index contributed by atoms with van der Waals surface area (Å²) in [7, 11) is 0. The van der Waals surface area contributed by atoms with Crippen molar-refractivity contribution < 1.29 is 9.90 Å². The standard InChI is InChI=1S/C13H12N2O3S/c16-11-8-6-9(13(17)18)19-12(8)15-10(14-11)5-7-3-1-2-4-7/h3,6H,1-2,4-5H2,(H,17,18)(H,14,15,16). The minimum absolute atomic E-state index is 0.144. The summed E-state index contributed by atoms with van der Waals surface area (Å²) in [5.74, 6) is -0.410. The summed E-state index contributed by atoms with van der Waals surface area (Å²) in [6, 6.07) is 1.38. The van der Waals surface area contributed by atoms with E-state index in [0.29, 0.717) is 22.5 Å². The number of thiophene rings is 1. The lowest BCUT2D eigenvalue weighted by atomic mass is 10.1. The van der Waals surface area contributed by atoms with Gasteiger partial charge in [0.05, 0.1) is 5.39 Å². The minimum Gasteiger partial charge on any atom is -0.477 e. The molecular weight excluding hydrogens is 264 g/mol. The third-order valence-corrected chi connectivity index (χ3v) is 4.21. The first-order valence-electron chi connectivity index (χ1n) is 6.07. The summed E-state index contributed by atoms with van der Waals surface area (Å²) in [6.07, 6.45) is 6.12. The zero-order valence-corrected chi connectivity index (χ0v) is 10.9. The number of nitrogens with one attached hydrogen (secondary N) is 1. The van der Waals surface area contributed by atoms with Crippen LogP contribution in [0.5, 0.6) is 0 Å². The Hall–Kier alpha value is -1.95. The Balaban J connectivity index is 2.03. The first-order valence-corrected chi connectivity index (χ1v) is 6.89. The number of aromatic nitrogens is 2. The highest BCUT2D eigenvalue weighted by molar-refractivity contribution is 7.20. The molecule has 98 valence electrons. The molecule has 1 aliphatic carbocycles. The van der Waals surface area contributed by atoms with Crippen molar-refractivity contribution >= 4 is 27.5 Å². The molecule has 2 heterocycles. The van der Waals surface area contributed by atoms with Crippen LogP contribution in [0, 0.1) is 0 Å². The zero-order chi connectivity index (χ0) is 13.4. The van der Waals surface area contributed by atoms with Crippen molar-refractivity contribution in [3.63, 3.8) is 0 Å². The van der Waals surface area contributed by atoms with Gasteiger partial charge in [0.15, 0.2) is 0 Å². The second-order valence-corrected chi connectivity index (χ2v) is 5.61. The number of carboxylic acids is 1. The number of aromatic amines is 1. The zero-order valence-electron chi connectivity index (χ0n) is 10.1. The normalized spacial score (nSPS) is 14.8. The van der Waals surface area contributed by atoms with E-state index in [9.17, 15) is 9.59 Å². The molecule has 0 spiro atoms. The Morgan fingerprint density at radius 1 is 1.53 bits per heavy atom. The molecule has 0 saturated carbocycles. The van der Waals surface area contributed by atoms with Crippen LogP contribution in [0.25, 0.3) is 10.2 Å². The molecule has 0 unspecified atom stereocenters. The molecule has 0 fully saturated rings. The maximum absolute atomic E-state index is 11.9. The summed E-state index contributed by atoms with van der Waals surface area (Å²) in [5.41, 5.74) is 1.03. The maximum atomic E-state index is 11.9. The van der Waals surface area contributed by atoms with E-state index in [0.717, 1.165) is 30.6 Å². The Kier molecular flexibility index (Phi) is 2.94. The molecule has 2 N–H and O–H groups in total. The first-order chi connectivity index (χ1) is 9.13. The van der Waals surface area contributed by atoms with Crippen molar-refractivity contribution in [2.45, 2.75) is 25.7 Å². The molecule has 1 aliphatic rings. The van der Waals surface area contributed by atoms with E-state index in [1.54, 1.807) is 0 Å². The number of carbonyl (C=O) groups is 1. The van der Waals surface area contributed by atoms with Crippen LogP contribution in [0.1, 0.15) is 34.8 Å². The van der Waals surface area contributed by atoms with Crippen molar-refractivity contribution in [3.8, 4) is 0 Å². The third-order valence-electron chi connectivity index (χ3n) is 3.19. The van der Waals surface area contributed by atoms with Crippen LogP contribution >= 0.6 is 11.3 Å². The lowest BCUT2D eigenvalue weighted by Gasteiger charge is -2.01. The summed E-state index contributed by atoms with van der Waals surface area (Å²) in [4.78, 5) is 30.6. The molecular formula is C13H12N2O3S. The summed E-state index contributed by atoms with van der Waals surface area (Å²) in [6.45, 7) is 0. The molecule has 0 aromatic carbocycles. The van der Waals surface area contributed by atoms with Crippen LogP contribution in [-0.2, 0) is 6.42 Å². The van der Waals surface area contributed by atoms with Gasteiger partial charge < -0.3 is 10.1 Å². The van der Waals surface area contributed by atoms with Crippen LogP contribution < -0.4 is 5.56 Å². The number of carboxylic acid groups (broad SMARTS) is 1. The van der Waals surface area contributed by atoms with Gasteiger partial charge >= 0.3 is 5.97 Å². The SMILES string of the molecule is O=C(O)c1cc2c(=O)[nH]c(CC3=CCCC3)nc2s1. The fraction of sp³-hybridized carbons (Fsp3) is 0.308.